The van der Waals surface area contributed by atoms with Gasteiger partial charge in [0.2, 0.25) is 5.91 Å². The third kappa shape index (κ3) is 11.3. The minimum Gasteiger partial charge on any atom is -0.391 e. The molecule has 0 bridgehead atoms. The number of ketones is 1. The van der Waals surface area contributed by atoms with E-state index in [-0.39, 0.29) is 25.1 Å². The molecule has 8 heteroatoms. The van der Waals surface area contributed by atoms with Crippen molar-refractivity contribution in [3.63, 3.8) is 0 Å². The quantitative estimate of drug-likeness (QED) is 0.238. The fraction of sp³-hybridized carbons (Fsp3) is 0.850. The first-order chi connectivity index (χ1) is 13.2. The summed E-state index contributed by atoms with van der Waals surface area (Å²) in [5.41, 5.74) is 0. The van der Waals surface area contributed by atoms with Crippen LogP contribution in [0.25, 0.3) is 0 Å². The second-order valence-corrected chi connectivity index (χ2v) is 9.28. The molecule has 2 N–H and O–H groups in total. The highest BCUT2D eigenvalue weighted by molar-refractivity contribution is 7.54. The van der Waals surface area contributed by atoms with Gasteiger partial charge in [0.05, 0.1) is 18.8 Å². The van der Waals surface area contributed by atoms with Gasteiger partial charge >= 0.3 is 0 Å². The van der Waals surface area contributed by atoms with Crippen LogP contribution < -0.4 is 0 Å². The van der Waals surface area contributed by atoms with E-state index in [1.54, 1.807) is 4.90 Å². The van der Waals surface area contributed by atoms with Gasteiger partial charge < -0.3 is 19.4 Å². The molecule has 28 heavy (non-hydrogen) atoms. The lowest BCUT2D eigenvalue weighted by Crippen LogP contribution is -2.38. The molecule has 0 saturated carbocycles. The van der Waals surface area contributed by atoms with Crippen LogP contribution in [0.4, 0.5) is 0 Å². The van der Waals surface area contributed by atoms with Gasteiger partial charge in [-0.05, 0) is 19.3 Å². The van der Waals surface area contributed by atoms with Crippen LogP contribution >= 0.6 is 7.60 Å². The highest BCUT2D eigenvalue weighted by atomic mass is 31.2. The van der Waals surface area contributed by atoms with Gasteiger partial charge in [0.25, 0.3) is 0 Å². The van der Waals surface area contributed by atoms with Crippen molar-refractivity contribution in [2.75, 3.05) is 13.2 Å². The smallest absolute Gasteiger partial charge is 0.222 e. The summed E-state index contributed by atoms with van der Waals surface area (Å²) in [6, 6.07) is -0.371. The highest BCUT2D eigenvalue weighted by Gasteiger charge is 2.34. The Balaban J connectivity index is 2.10. The maximum Gasteiger partial charge on any atom is 0.222 e. The van der Waals surface area contributed by atoms with E-state index in [1.807, 2.05) is 6.92 Å². The molecule has 164 valence electrons. The number of carbonyl (C=O) groups is 2. The van der Waals surface area contributed by atoms with E-state index in [1.165, 1.54) is 0 Å². The van der Waals surface area contributed by atoms with Gasteiger partial charge in [0.15, 0.2) is 7.60 Å². The van der Waals surface area contributed by atoms with Gasteiger partial charge in [0, 0.05) is 25.8 Å². The Bertz CT molecular complexity index is 521. The molecule has 0 aromatic carbocycles. The topological polar surface area (TPSA) is 104 Å². The number of likely N-dealkylation sites (tertiary alicyclic amines) is 1. The summed E-state index contributed by atoms with van der Waals surface area (Å²) >= 11 is 0. The Morgan fingerprint density at radius 2 is 1.61 bits per heavy atom. The van der Waals surface area contributed by atoms with E-state index in [4.69, 9.17) is 9.42 Å². The van der Waals surface area contributed by atoms with Crippen molar-refractivity contribution in [1.82, 2.24) is 4.90 Å². The number of rotatable bonds is 15. The minimum absolute atomic E-state index is 0.0393. The Labute approximate surface area is 169 Å². The lowest BCUT2D eigenvalue weighted by molar-refractivity contribution is -0.133. The minimum atomic E-state index is -3.83. The zero-order valence-electron chi connectivity index (χ0n) is 17.2. The second kappa shape index (κ2) is 13.5. The van der Waals surface area contributed by atoms with E-state index in [2.05, 4.69) is 6.66 Å². The van der Waals surface area contributed by atoms with Crippen LogP contribution in [0.2, 0.25) is 0 Å². The van der Waals surface area contributed by atoms with Crippen molar-refractivity contribution in [3.05, 3.63) is 6.66 Å². The Hall–Kier alpha value is -0.750. The van der Waals surface area contributed by atoms with Crippen LogP contribution in [-0.2, 0) is 18.7 Å². The molecule has 0 spiro atoms. The van der Waals surface area contributed by atoms with E-state index >= 15 is 0 Å². The number of hydrogen-bond acceptors (Lipinski definition) is 5. The molecular formula is C20H37NO6P-. The number of amides is 1. The molecule has 1 aliphatic heterocycles. The summed E-state index contributed by atoms with van der Waals surface area (Å²) in [5.74, 6) is 0.309. The first-order valence-corrected chi connectivity index (χ1v) is 12.3. The normalized spacial score (nSPS) is 21.6. The Morgan fingerprint density at radius 3 is 2.14 bits per heavy atom. The fourth-order valence-corrected chi connectivity index (χ4v) is 3.94. The number of aliphatic hydroxyl groups excluding tert-OH is 1. The van der Waals surface area contributed by atoms with Gasteiger partial charge in [-0.2, -0.15) is 0 Å². The van der Waals surface area contributed by atoms with Crippen LogP contribution in [0.5, 0.6) is 0 Å². The molecular weight excluding hydrogens is 381 g/mol. The number of carbonyl (C=O) groups excluding carboxylic acids is 2. The molecule has 1 aliphatic rings. The predicted molar refractivity (Wildman–Crippen MR) is 109 cm³/mol. The lowest BCUT2D eigenvalue weighted by Gasteiger charge is -2.25. The SMILES string of the molecule is [CH2-]P(=O)(O)OC[C@H]1C[C@H](O)CN1C(=O)CCCCCCCCCCC(=O)CC. The molecule has 0 radical (unpaired) electrons. The van der Waals surface area contributed by atoms with Gasteiger partial charge in [-0.1, -0.05) is 45.4 Å². The summed E-state index contributed by atoms with van der Waals surface area (Å²) in [6.07, 6.45) is 9.96. The molecule has 0 aliphatic carbocycles. The third-order valence-corrected chi connectivity index (χ3v) is 5.72. The van der Waals surface area contributed by atoms with Crippen LogP contribution in [0.3, 0.4) is 0 Å². The molecule has 1 amide bonds. The molecule has 7 nitrogen and oxygen atoms in total. The average molecular weight is 418 g/mol. The van der Waals surface area contributed by atoms with Gasteiger partial charge in [-0.15, -0.1) is 0 Å². The van der Waals surface area contributed by atoms with Crippen molar-refractivity contribution >= 4 is 19.3 Å². The standard InChI is InChI=1S/C20H37NO6P/c1-3-18(22)12-10-8-6-4-5-7-9-11-13-20(24)21-15-19(23)14-17(21)16-27-28(2,25)26/h17,19,23H,2-16H2,1H3,(H,25,26)/q-1/t17-,19+/m1/s1. The van der Waals surface area contributed by atoms with Gasteiger partial charge in [-0.3, -0.25) is 14.2 Å². The Kier molecular flexibility index (Phi) is 12.2. The molecule has 1 fully saturated rings. The monoisotopic (exact) mass is 418 g/mol. The number of hydrogen-bond donors (Lipinski definition) is 2. The van der Waals surface area contributed by atoms with Crippen LogP contribution in [0.15, 0.2) is 0 Å². The van der Waals surface area contributed by atoms with E-state index in [0.717, 1.165) is 51.4 Å². The van der Waals surface area contributed by atoms with E-state index in [0.29, 0.717) is 31.5 Å². The average Bonchev–Trinajstić information content (AvgIpc) is 3.01. The molecule has 3 atom stereocenters. The largest absolute Gasteiger partial charge is 0.391 e. The van der Waals surface area contributed by atoms with Crippen molar-refractivity contribution in [2.24, 2.45) is 0 Å². The molecule has 0 aromatic heterocycles. The van der Waals surface area contributed by atoms with Crippen LogP contribution in [0, 0.1) is 6.66 Å². The first-order valence-electron chi connectivity index (χ1n) is 10.5. The lowest BCUT2D eigenvalue weighted by atomic mass is 10.0. The molecule has 1 rings (SSSR count). The summed E-state index contributed by atoms with van der Waals surface area (Å²) in [7, 11) is -3.83. The van der Waals surface area contributed by atoms with Crippen molar-refractivity contribution < 1.29 is 28.7 Å². The summed E-state index contributed by atoms with van der Waals surface area (Å²) in [5, 5.41) is 9.81. The summed E-state index contributed by atoms with van der Waals surface area (Å²) < 4.78 is 16.0. The maximum absolute atomic E-state index is 12.4. The fourth-order valence-electron chi connectivity index (χ4n) is 3.54. The summed E-state index contributed by atoms with van der Waals surface area (Å²) in [6.45, 7) is 5.12. The summed E-state index contributed by atoms with van der Waals surface area (Å²) in [4.78, 5) is 34.3. The number of β-amino-alcohol motifs (C(OH)–C–C–N with tert-alkyl or cyclic N) is 1. The van der Waals surface area contributed by atoms with Gasteiger partial charge in [-0.25, -0.2) is 6.66 Å². The number of unbranched alkanes of at least 4 members (excludes halogenated alkanes) is 7. The van der Waals surface area contributed by atoms with Gasteiger partial charge in [0.1, 0.15) is 5.78 Å². The third-order valence-electron chi connectivity index (χ3n) is 5.17. The second-order valence-electron chi connectivity index (χ2n) is 7.74. The first kappa shape index (κ1) is 25.3. The molecule has 1 unspecified atom stereocenters. The van der Waals surface area contributed by atoms with Crippen molar-refractivity contribution in [3.8, 4) is 0 Å². The highest BCUT2D eigenvalue weighted by Crippen LogP contribution is 2.40. The van der Waals surface area contributed by atoms with E-state index in [9.17, 15) is 19.3 Å². The van der Waals surface area contributed by atoms with Crippen molar-refractivity contribution in [2.45, 2.75) is 96.1 Å². The number of nitrogens with zero attached hydrogens (tertiary/aromatic N) is 1. The Morgan fingerprint density at radius 1 is 1.07 bits per heavy atom. The van der Waals surface area contributed by atoms with Crippen LogP contribution in [0.1, 0.15) is 84.0 Å². The predicted octanol–water partition coefficient (Wildman–Crippen LogP) is 3.82. The van der Waals surface area contributed by atoms with Crippen molar-refractivity contribution in [1.29, 1.82) is 0 Å². The zero-order chi connectivity index (χ0) is 21.0. The molecule has 1 saturated heterocycles. The molecule has 1 heterocycles. The zero-order valence-corrected chi connectivity index (χ0v) is 18.1. The number of aliphatic hydroxyl groups is 1. The maximum atomic E-state index is 12.4. The van der Waals surface area contributed by atoms with E-state index < -0.39 is 13.7 Å². The number of Topliss-reactive ketones (excluding diaryl/α,β-unsaturated/α-hetero) is 1. The molecule has 0 aromatic rings. The van der Waals surface area contributed by atoms with Crippen LogP contribution in [-0.4, -0.2) is 51.9 Å².